The van der Waals surface area contributed by atoms with Crippen LogP contribution in [0.15, 0.2) is 0 Å². The number of hydrogen-bond acceptors (Lipinski definition) is 2. The number of carboxylic acid groups (broad SMARTS) is 1. The van der Waals surface area contributed by atoms with E-state index in [9.17, 15) is 4.79 Å². The molecule has 0 bridgehead atoms. The molecule has 0 aromatic carbocycles. The maximum absolute atomic E-state index is 10.3. The van der Waals surface area contributed by atoms with E-state index in [0.29, 0.717) is 25.9 Å². The fourth-order valence-corrected chi connectivity index (χ4v) is 1.06. The number of carbonyl (C=O) groups is 1. The average molecular weight is 188 g/mol. The van der Waals surface area contributed by atoms with Crippen molar-refractivity contribution in [3.63, 3.8) is 0 Å². The van der Waals surface area contributed by atoms with Crippen molar-refractivity contribution < 1.29 is 46.3 Å². The molecule has 12 heavy (non-hydrogen) atoms. The van der Waals surface area contributed by atoms with Gasteiger partial charge in [-0.15, -0.1) is 0 Å². The summed E-state index contributed by atoms with van der Waals surface area (Å²) in [4.78, 5) is 11.6. The Morgan fingerprint density at radius 1 is 1.33 bits per heavy atom. The number of halogens is 1. The summed E-state index contributed by atoms with van der Waals surface area (Å²) in [6.07, 6.45) is -0.0269. The zero-order valence-corrected chi connectivity index (χ0v) is 7.79. The normalized spacial score (nSPS) is 17.6. The molecule has 1 heterocycles. The fourth-order valence-electron chi connectivity index (χ4n) is 1.06. The molecular weight excluding hydrogens is 176 g/mol. The smallest absolute Gasteiger partial charge is 1.00 e. The van der Waals surface area contributed by atoms with Crippen LogP contribution in [-0.2, 0) is 0 Å². The maximum atomic E-state index is 10.3. The molecule has 0 saturated carbocycles. The third-order valence-corrected chi connectivity index (χ3v) is 1.74. The summed E-state index contributed by atoms with van der Waals surface area (Å²) >= 11 is 0. The van der Waals surface area contributed by atoms with Crippen LogP contribution < -0.4 is 31.3 Å². The molecular formula is C6H11ClLiNO3. The summed E-state index contributed by atoms with van der Waals surface area (Å²) in [6.45, 7) is 0.938. The number of rotatable bonds is 0. The zero-order valence-electron chi connectivity index (χ0n) is 7.03. The Hall–Kier alpha value is 0.117. The van der Waals surface area contributed by atoms with E-state index in [1.54, 1.807) is 0 Å². The van der Waals surface area contributed by atoms with E-state index in [1.165, 1.54) is 4.90 Å². The number of hydrogen-bond donors (Lipinski definition) is 2. The van der Waals surface area contributed by atoms with Gasteiger partial charge in [0.2, 0.25) is 0 Å². The monoisotopic (exact) mass is 187 g/mol. The second-order valence-electron chi connectivity index (χ2n) is 2.50. The molecule has 1 aliphatic heterocycles. The SMILES string of the molecule is O=C(O)N1CCC(O)CC1.[Cl-].[Li+]. The Morgan fingerprint density at radius 3 is 2.08 bits per heavy atom. The molecule has 1 amide bonds. The van der Waals surface area contributed by atoms with E-state index in [1.807, 2.05) is 0 Å². The van der Waals surface area contributed by atoms with Crippen LogP contribution in [0.4, 0.5) is 4.79 Å². The Kier molecular flexibility index (Phi) is 8.06. The summed E-state index contributed by atoms with van der Waals surface area (Å²) in [5.74, 6) is 0. The summed E-state index contributed by atoms with van der Waals surface area (Å²) < 4.78 is 0. The van der Waals surface area contributed by atoms with Crippen molar-refractivity contribution >= 4 is 6.09 Å². The molecule has 0 aromatic rings. The average Bonchev–Trinajstić information content (AvgIpc) is 1.88. The second-order valence-corrected chi connectivity index (χ2v) is 2.50. The number of piperidine rings is 1. The van der Waals surface area contributed by atoms with Gasteiger partial charge in [-0.05, 0) is 12.8 Å². The second kappa shape index (κ2) is 6.61. The Balaban J connectivity index is 0. The van der Waals surface area contributed by atoms with Crippen molar-refractivity contribution in [3.8, 4) is 0 Å². The topological polar surface area (TPSA) is 60.8 Å². The van der Waals surface area contributed by atoms with Crippen LogP contribution in [0.2, 0.25) is 0 Å². The molecule has 0 atom stereocenters. The number of likely N-dealkylation sites (tertiary alicyclic amines) is 1. The molecule has 0 aliphatic carbocycles. The Labute approximate surface area is 89.5 Å². The van der Waals surface area contributed by atoms with Gasteiger partial charge in [0, 0.05) is 13.1 Å². The minimum Gasteiger partial charge on any atom is -1.00 e. The fraction of sp³-hybridized carbons (Fsp3) is 0.833. The first-order chi connectivity index (χ1) is 4.70. The first-order valence-electron chi connectivity index (χ1n) is 3.36. The molecule has 6 heteroatoms. The number of aliphatic hydroxyl groups excluding tert-OH is 1. The third kappa shape index (κ3) is 4.22. The molecule has 1 rings (SSSR count). The van der Waals surface area contributed by atoms with E-state index in [0.717, 1.165) is 0 Å². The van der Waals surface area contributed by atoms with Gasteiger partial charge in [0.25, 0.3) is 0 Å². The van der Waals surface area contributed by atoms with Crippen LogP contribution in [0.3, 0.4) is 0 Å². The standard InChI is InChI=1S/C6H11NO3.ClH.Li/c8-5-1-3-7(4-2-5)6(9)10;;/h5,8H,1-4H2,(H,9,10);1H;/q;;+1/p-1. The number of aliphatic hydroxyl groups is 1. The first kappa shape index (κ1) is 14.6. The minimum atomic E-state index is -0.883. The van der Waals surface area contributed by atoms with Crippen LogP contribution in [0, 0.1) is 0 Å². The van der Waals surface area contributed by atoms with Gasteiger partial charge in [0.15, 0.2) is 0 Å². The third-order valence-electron chi connectivity index (χ3n) is 1.74. The quantitative estimate of drug-likeness (QED) is 0.372. The molecule has 2 N–H and O–H groups in total. The van der Waals surface area contributed by atoms with Gasteiger partial charge < -0.3 is 27.5 Å². The van der Waals surface area contributed by atoms with Gasteiger partial charge in [-0.3, -0.25) is 0 Å². The summed E-state index contributed by atoms with van der Waals surface area (Å²) in [5, 5.41) is 17.5. The zero-order chi connectivity index (χ0) is 7.56. The van der Waals surface area contributed by atoms with E-state index >= 15 is 0 Å². The number of nitrogens with zero attached hydrogens (tertiary/aromatic N) is 1. The number of amides is 1. The molecule has 0 spiro atoms. The summed E-state index contributed by atoms with van der Waals surface area (Å²) in [6, 6.07) is 0. The van der Waals surface area contributed by atoms with Crippen molar-refractivity contribution in [2.75, 3.05) is 13.1 Å². The predicted molar refractivity (Wildman–Crippen MR) is 34.8 cm³/mol. The van der Waals surface area contributed by atoms with Crippen molar-refractivity contribution in [1.82, 2.24) is 4.90 Å². The molecule has 66 valence electrons. The maximum Gasteiger partial charge on any atom is 1.00 e. The minimum absolute atomic E-state index is 0. The van der Waals surface area contributed by atoms with Crippen molar-refractivity contribution in [1.29, 1.82) is 0 Å². The van der Waals surface area contributed by atoms with E-state index in [-0.39, 0.29) is 37.4 Å². The molecule has 1 fully saturated rings. The van der Waals surface area contributed by atoms with E-state index in [4.69, 9.17) is 10.2 Å². The first-order valence-corrected chi connectivity index (χ1v) is 3.36. The van der Waals surface area contributed by atoms with Crippen molar-refractivity contribution in [3.05, 3.63) is 0 Å². The van der Waals surface area contributed by atoms with E-state index in [2.05, 4.69) is 0 Å². The van der Waals surface area contributed by atoms with Crippen LogP contribution in [0.25, 0.3) is 0 Å². The van der Waals surface area contributed by atoms with Gasteiger partial charge in [-0.25, -0.2) is 4.79 Å². The van der Waals surface area contributed by atoms with Gasteiger partial charge in [-0.1, -0.05) is 0 Å². The van der Waals surface area contributed by atoms with Crippen LogP contribution >= 0.6 is 0 Å². The predicted octanol–water partition coefficient (Wildman–Crippen LogP) is -5.87. The Bertz CT molecular complexity index is 139. The molecule has 1 aliphatic rings. The Morgan fingerprint density at radius 2 is 1.75 bits per heavy atom. The van der Waals surface area contributed by atoms with Crippen LogP contribution in [0.1, 0.15) is 12.8 Å². The van der Waals surface area contributed by atoms with Crippen LogP contribution in [-0.4, -0.2) is 40.4 Å². The molecule has 0 unspecified atom stereocenters. The summed E-state index contributed by atoms with van der Waals surface area (Å²) in [5.41, 5.74) is 0. The van der Waals surface area contributed by atoms with Gasteiger partial charge in [0.05, 0.1) is 6.10 Å². The van der Waals surface area contributed by atoms with Gasteiger partial charge >= 0.3 is 25.0 Å². The largest absolute Gasteiger partial charge is 1.00 e. The van der Waals surface area contributed by atoms with Gasteiger partial charge in [0.1, 0.15) is 0 Å². The molecule has 0 radical (unpaired) electrons. The van der Waals surface area contributed by atoms with Gasteiger partial charge in [-0.2, -0.15) is 0 Å². The summed E-state index contributed by atoms with van der Waals surface area (Å²) in [7, 11) is 0. The van der Waals surface area contributed by atoms with Crippen molar-refractivity contribution in [2.24, 2.45) is 0 Å². The van der Waals surface area contributed by atoms with Crippen molar-refractivity contribution in [2.45, 2.75) is 18.9 Å². The van der Waals surface area contributed by atoms with E-state index < -0.39 is 6.09 Å². The molecule has 1 saturated heterocycles. The molecule has 0 aromatic heterocycles. The van der Waals surface area contributed by atoms with Crippen LogP contribution in [0.5, 0.6) is 0 Å². The molecule has 4 nitrogen and oxygen atoms in total.